The van der Waals surface area contributed by atoms with Gasteiger partial charge < -0.3 is 4.74 Å². The largest absolute Gasteiger partial charge is 0.457 e. The normalized spacial score (nSPS) is 15.6. The fourth-order valence-electron chi connectivity index (χ4n) is 2.46. The third-order valence-electron chi connectivity index (χ3n) is 3.46. The van der Waals surface area contributed by atoms with Gasteiger partial charge in [0.15, 0.2) is 0 Å². The first-order valence-corrected chi connectivity index (χ1v) is 5.76. The van der Waals surface area contributed by atoms with Crippen LogP contribution in [-0.2, 0) is 5.41 Å². The number of para-hydroxylation sites is 1. The second-order valence-corrected chi connectivity index (χ2v) is 4.98. The molecule has 0 saturated heterocycles. The molecule has 2 aromatic carbocycles. The number of rotatable bonds is 0. The molecule has 2 heteroatoms. The third-order valence-corrected chi connectivity index (χ3v) is 3.46. The van der Waals surface area contributed by atoms with Crippen LogP contribution in [0.2, 0.25) is 0 Å². The van der Waals surface area contributed by atoms with Crippen LogP contribution in [0.1, 0.15) is 25.0 Å². The molecule has 2 radical (unpaired) electrons. The van der Waals surface area contributed by atoms with Gasteiger partial charge >= 0.3 is 0 Å². The maximum absolute atomic E-state index is 5.91. The van der Waals surface area contributed by atoms with Gasteiger partial charge in [0.1, 0.15) is 19.3 Å². The minimum atomic E-state index is -0.0699. The first-order valence-electron chi connectivity index (χ1n) is 5.76. The molecule has 0 aliphatic carbocycles. The zero-order valence-corrected chi connectivity index (χ0v) is 10.0. The Labute approximate surface area is 103 Å². The molecule has 0 unspecified atom stereocenters. The highest BCUT2D eigenvalue weighted by Crippen LogP contribution is 2.46. The summed E-state index contributed by atoms with van der Waals surface area (Å²) in [6.45, 7) is 4.40. The van der Waals surface area contributed by atoms with E-state index in [2.05, 4.69) is 19.9 Å². The molecule has 0 fully saturated rings. The lowest BCUT2D eigenvalue weighted by atomic mass is 9.74. The molecule has 0 N–H and O–H groups in total. The van der Waals surface area contributed by atoms with Crippen molar-refractivity contribution >= 4 is 13.3 Å². The van der Waals surface area contributed by atoms with Gasteiger partial charge in [0.05, 0.1) is 0 Å². The predicted molar refractivity (Wildman–Crippen MR) is 70.5 cm³/mol. The van der Waals surface area contributed by atoms with Gasteiger partial charge in [0, 0.05) is 16.5 Å². The Morgan fingerprint density at radius 2 is 1.65 bits per heavy atom. The fraction of sp³-hybridized carbons (Fsp3) is 0.200. The summed E-state index contributed by atoms with van der Waals surface area (Å²) >= 11 is 0. The molecule has 0 saturated carbocycles. The number of benzene rings is 2. The van der Waals surface area contributed by atoms with Crippen molar-refractivity contribution in [1.82, 2.24) is 0 Å². The van der Waals surface area contributed by atoms with E-state index in [9.17, 15) is 0 Å². The van der Waals surface area contributed by atoms with Crippen molar-refractivity contribution in [1.29, 1.82) is 0 Å². The lowest BCUT2D eigenvalue weighted by molar-refractivity contribution is 0.418. The van der Waals surface area contributed by atoms with Gasteiger partial charge in [-0.3, -0.25) is 0 Å². The van der Waals surface area contributed by atoms with Crippen molar-refractivity contribution in [3.63, 3.8) is 0 Å². The first kappa shape index (κ1) is 10.5. The van der Waals surface area contributed by atoms with E-state index in [0.29, 0.717) is 0 Å². The number of fused-ring (bicyclic) bond motifs is 2. The van der Waals surface area contributed by atoms with Crippen LogP contribution < -0.4 is 10.2 Å². The quantitative estimate of drug-likeness (QED) is 0.620. The Bertz CT molecular complexity index is 587. The Balaban J connectivity index is 2.27. The van der Waals surface area contributed by atoms with E-state index in [1.54, 1.807) is 0 Å². The number of ether oxygens (including phenoxy) is 1. The average Bonchev–Trinajstić information content (AvgIpc) is 2.31. The summed E-state index contributed by atoms with van der Waals surface area (Å²) in [5.41, 5.74) is 3.06. The van der Waals surface area contributed by atoms with E-state index in [1.807, 2.05) is 36.4 Å². The smallest absolute Gasteiger partial charge is 0.131 e. The van der Waals surface area contributed by atoms with Crippen molar-refractivity contribution in [3.05, 3.63) is 53.6 Å². The molecular weight excluding hydrogens is 207 g/mol. The van der Waals surface area contributed by atoms with Crippen molar-refractivity contribution in [2.75, 3.05) is 0 Å². The standard InChI is InChI=1S/C15H13BO/c1-15(2)11-5-3-4-6-13(11)17-14-8-7-10(16)9-12(14)15/h3-9H,1-2H3. The molecule has 0 aromatic heterocycles. The maximum atomic E-state index is 5.91. The van der Waals surface area contributed by atoms with Gasteiger partial charge in [-0.15, -0.1) is 0 Å². The van der Waals surface area contributed by atoms with Crippen LogP contribution in [-0.4, -0.2) is 7.85 Å². The highest BCUT2D eigenvalue weighted by Gasteiger charge is 2.33. The van der Waals surface area contributed by atoms with E-state index in [1.165, 1.54) is 5.56 Å². The highest BCUT2D eigenvalue weighted by molar-refractivity contribution is 6.32. The van der Waals surface area contributed by atoms with Gasteiger partial charge in [-0.05, 0) is 12.1 Å². The van der Waals surface area contributed by atoms with E-state index >= 15 is 0 Å². The van der Waals surface area contributed by atoms with Crippen LogP contribution in [0.15, 0.2) is 42.5 Å². The van der Waals surface area contributed by atoms with Crippen LogP contribution in [0, 0.1) is 0 Å². The summed E-state index contributed by atoms with van der Waals surface area (Å²) in [6, 6.07) is 14.0. The zero-order chi connectivity index (χ0) is 12.0. The average molecular weight is 220 g/mol. The van der Waals surface area contributed by atoms with Crippen molar-refractivity contribution in [2.45, 2.75) is 19.3 Å². The monoisotopic (exact) mass is 220 g/mol. The molecule has 0 spiro atoms. The van der Waals surface area contributed by atoms with E-state index < -0.39 is 0 Å². The van der Waals surface area contributed by atoms with Crippen LogP contribution >= 0.6 is 0 Å². The molecule has 1 nitrogen and oxygen atoms in total. The SMILES string of the molecule is [B]c1ccc2c(c1)C(C)(C)c1ccccc1O2. The van der Waals surface area contributed by atoms with Crippen molar-refractivity contribution < 1.29 is 4.74 Å². The van der Waals surface area contributed by atoms with Gasteiger partial charge in [0.25, 0.3) is 0 Å². The Morgan fingerprint density at radius 1 is 0.941 bits per heavy atom. The molecular formula is C15H13BO. The summed E-state index contributed by atoms with van der Waals surface area (Å²) in [7, 11) is 5.87. The molecule has 17 heavy (non-hydrogen) atoms. The number of hydrogen-bond donors (Lipinski definition) is 0. The molecule has 2 aromatic rings. The fourth-order valence-corrected chi connectivity index (χ4v) is 2.46. The van der Waals surface area contributed by atoms with Crippen molar-refractivity contribution in [2.24, 2.45) is 0 Å². The molecule has 1 aliphatic heterocycles. The molecule has 0 bridgehead atoms. The topological polar surface area (TPSA) is 9.23 Å². The molecule has 0 atom stereocenters. The molecule has 1 heterocycles. The Hall–Kier alpha value is -1.70. The van der Waals surface area contributed by atoms with Gasteiger partial charge in [-0.25, -0.2) is 0 Å². The number of hydrogen-bond acceptors (Lipinski definition) is 1. The molecule has 82 valence electrons. The second kappa shape index (κ2) is 3.40. The minimum Gasteiger partial charge on any atom is -0.457 e. The first-order chi connectivity index (χ1) is 8.09. The Kier molecular flexibility index (Phi) is 2.09. The predicted octanol–water partition coefficient (Wildman–Crippen LogP) is 2.91. The van der Waals surface area contributed by atoms with E-state index in [-0.39, 0.29) is 5.41 Å². The lowest BCUT2D eigenvalue weighted by Crippen LogP contribution is -2.25. The lowest BCUT2D eigenvalue weighted by Gasteiger charge is -2.34. The van der Waals surface area contributed by atoms with Crippen LogP contribution in [0.3, 0.4) is 0 Å². The molecule has 1 aliphatic rings. The molecule has 0 amide bonds. The summed E-state index contributed by atoms with van der Waals surface area (Å²) in [5.74, 6) is 1.85. The Morgan fingerprint density at radius 3 is 2.47 bits per heavy atom. The van der Waals surface area contributed by atoms with Gasteiger partial charge in [0.2, 0.25) is 0 Å². The summed E-state index contributed by atoms with van der Waals surface area (Å²) in [6.07, 6.45) is 0. The minimum absolute atomic E-state index is 0.0699. The van der Waals surface area contributed by atoms with Crippen LogP contribution in [0.25, 0.3) is 0 Å². The summed E-state index contributed by atoms with van der Waals surface area (Å²) < 4.78 is 5.91. The molecule has 3 rings (SSSR count). The van der Waals surface area contributed by atoms with E-state index in [4.69, 9.17) is 12.6 Å². The highest BCUT2D eigenvalue weighted by atomic mass is 16.5. The van der Waals surface area contributed by atoms with Gasteiger partial charge in [-0.2, -0.15) is 0 Å². The summed E-state index contributed by atoms with van der Waals surface area (Å²) in [5, 5.41) is 0. The third kappa shape index (κ3) is 1.48. The van der Waals surface area contributed by atoms with Gasteiger partial charge in [-0.1, -0.05) is 49.6 Å². The zero-order valence-electron chi connectivity index (χ0n) is 10.0. The summed E-state index contributed by atoms with van der Waals surface area (Å²) in [4.78, 5) is 0. The maximum Gasteiger partial charge on any atom is 0.131 e. The van der Waals surface area contributed by atoms with Crippen LogP contribution in [0.4, 0.5) is 0 Å². The second-order valence-electron chi connectivity index (χ2n) is 4.98. The van der Waals surface area contributed by atoms with Crippen LogP contribution in [0.5, 0.6) is 11.5 Å². The van der Waals surface area contributed by atoms with Crippen molar-refractivity contribution in [3.8, 4) is 11.5 Å². The van der Waals surface area contributed by atoms with E-state index in [0.717, 1.165) is 22.5 Å².